The highest BCUT2D eigenvalue weighted by Crippen LogP contribution is 2.37. The maximum Gasteiger partial charge on any atom is 0.434 e. The van der Waals surface area contributed by atoms with E-state index in [0.717, 1.165) is 19.5 Å². The first kappa shape index (κ1) is 18.7. The zero-order chi connectivity index (χ0) is 19.9. The summed E-state index contributed by atoms with van der Waals surface area (Å²) in [6.07, 6.45) is -2.86. The highest BCUT2D eigenvalue weighted by Gasteiger charge is 2.37. The minimum atomic E-state index is -4.65. The summed E-state index contributed by atoms with van der Waals surface area (Å²) in [6.45, 7) is 2.72. The van der Waals surface area contributed by atoms with Crippen molar-refractivity contribution in [3.05, 3.63) is 23.9 Å². The van der Waals surface area contributed by atoms with E-state index in [-0.39, 0.29) is 23.2 Å². The first-order valence-corrected chi connectivity index (χ1v) is 9.22. The topological polar surface area (TPSA) is 91.4 Å². The predicted octanol–water partition coefficient (Wildman–Crippen LogP) is 2.31. The normalized spacial score (nSPS) is 18.3. The minimum absolute atomic E-state index is 0.121. The Morgan fingerprint density at radius 3 is 2.32 bits per heavy atom. The van der Waals surface area contributed by atoms with E-state index < -0.39 is 11.9 Å². The molecule has 0 amide bonds. The van der Waals surface area contributed by atoms with Crippen LogP contribution in [0.2, 0.25) is 0 Å². The Hall–Kier alpha value is -2.62. The molecule has 2 aromatic heterocycles. The fourth-order valence-electron chi connectivity index (χ4n) is 3.37. The van der Waals surface area contributed by atoms with Crippen LogP contribution in [0.4, 0.5) is 30.8 Å². The van der Waals surface area contributed by atoms with Crippen molar-refractivity contribution in [2.75, 3.05) is 41.7 Å². The Morgan fingerprint density at radius 1 is 1.00 bits per heavy atom. The lowest BCUT2D eigenvalue weighted by molar-refractivity contribution is -0.140. The molecule has 0 radical (unpaired) electrons. The molecule has 2 aromatic rings. The van der Waals surface area contributed by atoms with Gasteiger partial charge in [-0.3, -0.25) is 0 Å². The predicted molar refractivity (Wildman–Crippen MR) is 99.0 cm³/mol. The quantitative estimate of drug-likeness (QED) is 0.825. The Morgan fingerprint density at radius 2 is 1.71 bits per heavy atom. The second kappa shape index (κ2) is 7.08. The fourth-order valence-corrected chi connectivity index (χ4v) is 3.37. The molecule has 0 aliphatic carbocycles. The van der Waals surface area contributed by atoms with Crippen LogP contribution in [-0.4, -0.2) is 52.3 Å². The molecule has 0 spiro atoms. The molecule has 0 unspecified atom stereocenters. The van der Waals surface area contributed by atoms with Gasteiger partial charge >= 0.3 is 6.18 Å². The number of aliphatic hydroxyl groups is 1. The van der Waals surface area contributed by atoms with E-state index in [0.29, 0.717) is 37.7 Å². The molecule has 4 heterocycles. The number of aliphatic hydroxyl groups excluding tert-OH is 1. The van der Waals surface area contributed by atoms with Gasteiger partial charge in [0.1, 0.15) is 11.6 Å². The lowest BCUT2D eigenvalue weighted by Gasteiger charge is -2.34. The van der Waals surface area contributed by atoms with E-state index >= 15 is 0 Å². The lowest BCUT2D eigenvalue weighted by atomic mass is 10.1. The summed E-state index contributed by atoms with van der Waals surface area (Å²) in [4.78, 5) is 16.4. The van der Waals surface area contributed by atoms with E-state index in [9.17, 15) is 18.3 Å². The van der Waals surface area contributed by atoms with E-state index in [1.54, 1.807) is 6.07 Å². The van der Waals surface area contributed by atoms with Crippen LogP contribution in [0.25, 0.3) is 11.3 Å². The van der Waals surface area contributed by atoms with Gasteiger partial charge in [0.05, 0.1) is 11.8 Å². The van der Waals surface area contributed by atoms with E-state index in [4.69, 9.17) is 5.73 Å². The summed E-state index contributed by atoms with van der Waals surface area (Å²) in [5.41, 5.74) is 4.48. The average Bonchev–Trinajstić information content (AvgIpc) is 2.60. The highest BCUT2D eigenvalue weighted by atomic mass is 19.4. The number of hydrogen-bond acceptors (Lipinski definition) is 7. The molecule has 2 fully saturated rings. The number of pyridine rings is 1. The fraction of sp³-hybridized carbons (Fsp3) is 0.500. The molecule has 0 bridgehead atoms. The zero-order valence-electron chi connectivity index (χ0n) is 15.2. The van der Waals surface area contributed by atoms with Crippen LogP contribution in [-0.2, 0) is 6.18 Å². The molecule has 0 saturated carbocycles. The number of halogens is 3. The standard InChI is InChI=1S/C18H21F3N6O/c19-18(20,21)16-12(2-3-14(22)24-16)13-10-15(26-6-1-7-26)25-17(23-13)27-8-4-11(28)5-9-27/h2-3,10-11,28H,1,4-9H2,(H2,22,24). The molecule has 150 valence electrons. The smallest absolute Gasteiger partial charge is 0.393 e. The van der Waals surface area contributed by atoms with Crippen molar-refractivity contribution in [3.63, 3.8) is 0 Å². The van der Waals surface area contributed by atoms with Crippen LogP contribution in [0, 0.1) is 0 Å². The molecule has 3 N–H and O–H groups in total. The molecule has 2 saturated heterocycles. The SMILES string of the molecule is Nc1ccc(-c2cc(N3CCC3)nc(N3CCC(O)CC3)n2)c(C(F)(F)F)n1. The van der Waals surface area contributed by atoms with Crippen molar-refractivity contribution in [2.24, 2.45) is 0 Å². The molecule has 0 atom stereocenters. The number of nitrogens with zero attached hydrogens (tertiary/aromatic N) is 5. The van der Waals surface area contributed by atoms with E-state index in [1.807, 2.05) is 9.80 Å². The van der Waals surface area contributed by atoms with Gasteiger partial charge in [0, 0.05) is 37.8 Å². The van der Waals surface area contributed by atoms with E-state index in [1.165, 1.54) is 12.1 Å². The second-order valence-corrected chi connectivity index (χ2v) is 7.10. The molecule has 0 aromatic carbocycles. The molecule has 2 aliphatic heterocycles. The molecule has 28 heavy (non-hydrogen) atoms. The largest absolute Gasteiger partial charge is 0.434 e. The molecule has 10 heteroatoms. The number of anilines is 3. The average molecular weight is 394 g/mol. The summed E-state index contributed by atoms with van der Waals surface area (Å²) < 4.78 is 40.6. The molecular weight excluding hydrogens is 373 g/mol. The number of rotatable bonds is 3. The third-order valence-electron chi connectivity index (χ3n) is 5.09. The molecular formula is C18H21F3N6O. The summed E-state index contributed by atoms with van der Waals surface area (Å²) in [5, 5.41) is 9.73. The van der Waals surface area contributed by atoms with Crippen LogP contribution in [0.15, 0.2) is 18.2 Å². The van der Waals surface area contributed by atoms with Crippen LogP contribution in [0.1, 0.15) is 25.0 Å². The molecule has 4 rings (SSSR count). The van der Waals surface area contributed by atoms with Crippen molar-refractivity contribution < 1.29 is 18.3 Å². The summed E-state index contributed by atoms with van der Waals surface area (Å²) in [5.74, 6) is 0.775. The lowest BCUT2D eigenvalue weighted by Crippen LogP contribution is -2.39. The second-order valence-electron chi connectivity index (χ2n) is 7.10. The monoisotopic (exact) mass is 394 g/mol. The van der Waals surface area contributed by atoms with Gasteiger partial charge in [-0.1, -0.05) is 0 Å². The van der Waals surface area contributed by atoms with Crippen LogP contribution >= 0.6 is 0 Å². The number of nitrogens with two attached hydrogens (primary N) is 1. The van der Waals surface area contributed by atoms with Gasteiger partial charge in [-0.25, -0.2) is 9.97 Å². The van der Waals surface area contributed by atoms with E-state index in [2.05, 4.69) is 15.0 Å². The van der Waals surface area contributed by atoms with Gasteiger partial charge in [0.2, 0.25) is 5.95 Å². The summed E-state index contributed by atoms with van der Waals surface area (Å²) >= 11 is 0. The first-order valence-electron chi connectivity index (χ1n) is 9.22. The Bertz CT molecular complexity index is 863. The van der Waals surface area contributed by atoms with Crippen LogP contribution in [0.3, 0.4) is 0 Å². The van der Waals surface area contributed by atoms with Gasteiger partial charge in [0.25, 0.3) is 0 Å². The molecule has 2 aliphatic rings. The summed E-state index contributed by atoms with van der Waals surface area (Å²) in [6, 6.07) is 4.22. The third kappa shape index (κ3) is 3.68. The maximum absolute atomic E-state index is 13.5. The van der Waals surface area contributed by atoms with Crippen molar-refractivity contribution in [3.8, 4) is 11.3 Å². The first-order chi connectivity index (χ1) is 13.3. The third-order valence-corrected chi connectivity index (χ3v) is 5.09. The Kier molecular flexibility index (Phi) is 4.74. The highest BCUT2D eigenvalue weighted by molar-refractivity contribution is 5.69. The maximum atomic E-state index is 13.5. The van der Waals surface area contributed by atoms with Gasteiger partial charge in [-0.2, -0.15) is 18.2 Å². The van der Waals surface area contributed by atoms with Crippen molar-refractivity contribution >= 4 is 17.6 Å². The number of hydrogen-bond donors (Lipinski definition) is 2. The number of nitrogen functional groups attached to an aromatic ring is 1. The van der Waals surface area contributed by atoms with Crippen LogP contribution < -0.4 is 15.5 Å². The minimum Gasteiger partial charge on any atom is -0.393 e. The van der Waals surface area contributed by atoms with Crippen molar-refractivity contribution in [2.45, 2.75) is 31.5 Å². The summed E-state index contributed by atoms with van der Waals surface area (Å²) in [7, 11) is 0. The van der Waals surface area contributed by atoms with Crippen molar-refractivity contribution in [1.82, 2.24) is 15.0 Å². The van der Waals surface area contributed by atoms with Gasteiger partial charge < -0.3 is 20.6 Å². The Balaban J connectivity index is 1.80. The van der Waals surface area contributed by atoms with Gasteiger partial charge in [-0.15, -0.1) is 0 Å². The van der Waals surface area contributed by atoms with Crippen molar-refractivity contribution in [1.29, 1.82) is 0 Å². The number of alkyl halides is 3. The Labute approximate surface area is 160 Å². The van der Waals surface area contributed by atoms with Crippen LogP contribution in [0.5, 0.6) is 0 Å². The molecule has 7 nitrogen and oxygen atoms in total. The number of piperidine rings is 1. The zero-order valence-corrected chi connectivity index (χ0v) is 15.2. The van der Waals surface area contributed by atoms with Gasteiger partial charge in [-0.05, 0) is 31.4 Å². The number of aromatic nitrogens is 3. The van der Waals surface area contributed by atoms with Gasteiger partial charge in [0.15, 0.2) is 5.69 Å².